The number of nitrogens with zero attached hydrogens (tertiary/aromatic N) is 2. The minimum Gasteiger partial charge on any atom is -0.465 e. The summed E-state index contributed by atoms with van der Waals surface area (Å²) in [7, 11) is 2.67. The number of aryl methyl sites for hydroxylation is 2. The van der Waals surface area contributed by atoms with E-state index in [1.165, 1.54) is 14.2 Å². The molecular formula is C22H19ClN2O4. The second-order valence-corrected chi connectivity index (χ2v) is 7.24. The highest BCUT2D eigenvalue weighted by Crippen LogP contribution is 2.39. The average Bonchev–Trinajstić information content (AvgIpc) is 3.21. The van der Waals surface area contributed by atoms with Crippen molar-refractivity contribution in [3.05, 3.63) is 70.1 Å². The van der Waals surface area contributed by atoms with Crippen molar-refractivity contribution in [3.8, 4) is 11.3 Å². The van der Waals surface area contributed by atoms with E-state index in [1.54, 1.807) is 10.5 Å². The normalized spacial score (nSPS) is 11.2. The van der Waals surface area contributed by atoms with Gasteiger partial charge in [-0.25, -0.2) is 9.59 Å². The number of carbonyl (C=O) groups excluding carboxylic acids is 2. The van der Waals surface area contributed by atoms with E-state index >= 15 is 0 Å². The van der Waals surface area contributed by atoms with Gasteiger partial charge in [-0.05, 0) is 55.3 Å². The standard InChI is InChI=1S/C22H19ClN2O4/c1-12-5-7-24-15(9-12)14(21(26)28-3)11-17(24)18-19(22(27)29-4)16-10-13(2)6-8-25(16)20(18)23/h5-11H,1-4H3. The van der Waals surface area contributed by atoms with Gasteiger partial charge in [0.1, 0.15) is 5.15 Å². The van der Waals surface area contributed by atoms with Gasteiger partial charge in [-0.2, -0.15) is 0 Å². The molecule has 0 saturated heterocycles. The van der Waals surface area contributed by atoms with Crippen LogP contribution in [0, 0.1) is 13.8 Å². The summed E-state index contributed by atoms with van der Waals surface area (Å²) in [4.78, 5) is 25.1. The summed E-state index contributed by atoms with van der Waals surface area (Å²) in [6.07, 6.45) is 3.65. The van der Waals surface area contributed by atoms with Crippen LogP contribution in [0.4, 0.5) is 0 Å². The molecule has 0 saturated carbocycles. The summed E-state index contributed by atoms with van der Waals surface area (Å²) in [5.41, 5.74) is 5.12. The van der Waals surface area contributed by atoms with Crippen LogP contribution in [0.5, 0.6) is 0 Å². The smallest absolute Gasteiger partial charge is 0.340 e. The fraction of sp³-hybridized carbons (Fsp3) is 0.182. The molecule has 0 N–H and O–H groups in total. The summed E-state index contributed by atoms with van der Waals surface area (Å²) in [5, 5.41) is 0.358. The fourth-order valence-electron chi connectivity index (χ4n) is 3.63. The van der Waals surface area contributed by atoms with Gasteiger partial charge in [0, 0.05) is 12.4 Å². The summed E-state index contributed by atoms with van der Waals surface area (Å²) in [5.74, 6) is -0.966. The zero-order valence-electron chi connectivity index (χ0n) is 16.4. The number of fused-ring (bicyclic) bond motifs is 2. The van der Waals surface area contributed by atoms with E-state index in [0.29, 0.717) is 38.6 Å². The van der Waals surface area contributed by atoms with Gasteiger partial charge in [-0.1, -0.05) is 11.6 Å². The van der Waals surface area contributed by atoms with E-state index in [9.17, 15) is 9.59 Å². The molecule has 7 heteroatoms. The molecule has 0 radical (unpaired) electrons. The molecule has 0 aliphatic carbocycles. The largest absolute Gasteiger partial charge is 0.465 e. The average molecular weight is 411 g/mol. The zero-order valence-corrected chi connectivity index (χ0v) is 17.2. The van der Waals surface area contributed by atoms with Crippen molar-refractivity contribution >= 4 is 34.6 Å². The highest BCUT2D eigenvalue weighted by atomic mass is 35.5. The summed E-state index contributed by atoms with van der Waals surface area (Å²) in [6, 6.07) is 9.29. The van der Waals surface area contributed by atoms with E-state index < -0.39 is 11.9 Å². The number of hydrogen-bond acceptors (Lipinski definition) is 4. The van der Waals surface area contributed by atoms with Crippen LogP contribution in [-0.4, -0.2) is 35.0 Å². The molecule has 29 heavy (non-hydrogen) atoms. The quantitative estimate of drug-likeness (QED) is 0.459. The Morgan fingerprint density at radius 2 is 1.45 bits per heavy atom. The molecule has 4 rings (SSSR count). The zero-order chi connectivity index (χ0) is 20.9. The lowest BCUT2D eigenvalue weighted by Crippen LogP contribution is -2.03. The van der Waals surface area contributed by atoms with Crippen molar-refractivity contribution in [2.75, 3.05) is 14.2 Å². The van der Waals surface area contributed by atoms with Gasteiger partial charge < -0.3 is 18.3 Å². The number of methoxy groups -OCH3 is 2. The first-order chi connectivity index (χ1) is 13.9. The van der Waals surface area contributed by atoms with E-state index in [2.05, 4.69) is 0 Å². The molecule has 0 spiro atoms. The van der Waals surface area contributed by atoms with Gasteiger partial charge in [0.15, 0.2) is 0 Å². The minimum absolute atomic E-state index is 0.345. The first kappa shape index (κ1) is 19.1. The predicted octanol–water partition coefficient (Wildman–Crippen LogP) is 4.70. The Bertz CT molecular complexity index is 1300. The lowest BCUT2D eigenvalue weighted by atomic mass is 10.1. The second kappa shape index (κ2) is 6.97. The van der Waals surface area contributed by atoms with Crippen molar-refractivity contribution in [1.29, 1.82) is 0 Å². The molecule has 0 amide bonds. The van der Waals surface area contributed by atoms with Gasteiger partial charge >= 0.3 is 11.9 Å². The number of carbonyl (C=O) groups is 2. The number of pyridine rings is 2. The maximum absolute atomic E-state index is 12.7. The summed E-state index contributed by atoms with van der Waals surface area (Å²) >= 11 is 6.73. The molecule has 0 bridgehead atoms. The molecule has 0 aliphatic rings. The first-order valence-corrected chi connectivity index (χ1v) is 9.34. The van der Waals surface area contributed by atoms with E-state index in [1.807, 2.05) is 54.9 Å². The van der Waals surface area contributed by atoms with Crippen LogP contribution in [0.3, 0.4) is 0 Å². The van der Waals surface area contributed by atoms with Crippen LogP contribution in [0.1, 0.15) is 31.8 Å². The first-order valence-electron chi connectivity index (χ1n) is 8.96. The predicted molar refractivity (Wildman–Crippen MR) is 111 cm³/mol. The van der Waals surface area contributed by atoms with E-state index in [4.69, 9.17) is 21.1 Å². The topological polar surface area (TPSA) is 61.4 Å². The third-order valence-corrected chi connectivity index (χ3v) is 5.38. The number of aromatic nitrogens is 2. The number of ether oxygens (including phenoxy) is 2. The van der Waals surface area contributed by atoms with Crippen LogP contribution in [0.15, 0.2) is 42.7 Å². The fourth-order valence-corrected chi connectivity index (χ4v) is 3.97. The molecule has 0 fully saturated rings. The minimum atomic E-state index is -0.503. The third kappa shape index (κ3) is 2.87. The maximum Gasteiger partial charge on any atom is 0.340 e. The molecule has 4 heterocycles. The Kier molecular flexibility index (Phi) is 4.59. The molecule has 4 aromatic heterocycles. The summed E-state index contributed by atoms with van der Waals surface area (Å²) in [6.45, 7) is 3.88. The molecule has 6 nitrogen and oxygen atoms in total. The number of rotatable bonds is 3. The molecular weight excluding hydrogens is 392 g/mol. The SMILES string of the molecule is COC(=O)c1cc(-c2c(C(=O)OC)c3cc(C)ccn3c2Cl)n2ccc(C)cc12. The molecule has 0 aliphatic heterocycles. The second-order valence-electron chi connectivity index (χ2n) is 6.89. The van der Waals surface area contributed by atoms with Crippen molar-refractivity contribution in [3.63, 3.8) is 0 Å². The Morgan fingerprint density at radius 1 is 0.862 bits per heavy atom. The lowest BCUT2D eigenvalue weighted by molar-refractivity contribution is 0.0595. The van der Waals surface area contributed by atoms with Crippen LogP contribution >= 0.6 is 11.6 Å². The summed E-state index contributed by atoms with van der Waals surface area (Å²) < 4.78 is 13.6. The van der Waals surface area contributed by atoms with Crippen molar-refractivity contribution in [1.82, 2.24) is 8.80 Å². The molecule has 148 valence electrons. The monoisotopic (exact) mass is 410 g/mol. The molecule has 0 atom stereocenters. The van der Waals surface area contributed by atoms with E-state index in [-0.39, 0.29) is 0 Å². The van der Waals surface area contributed by atoms with Gasteiger partial charge in [-0.15, -0.1) is 0 Å². The van der Waals surface area contributed by atoms with Gasteiger partial charge in [0.25, 0.3) is 0 Å². The van der Waals surface area contributed by atoms with Crippen LogP contribution in [0.25, 0.3) is 22.3 Å². The van der Waals surface area contributed by atoms with Gasteiger partial charge in [0.2, 0.25) is 0 Å². The Hall–Kier alpha value is -3.25. The highest BCUT2D eigenvalue weighted by molar-refractivity contribution is 6.34. The number of esters is 2. The molecule has 0 aromatic carbocycles. The van der Waals surface area contributed by atoms with Crippen LogP contribution in [-0.2, 0) is 9.47 Å². The number of halogens is 1. The van der Waals surface area contributed by atoms with Crippen LogP contribution in [0.2, 0.25) is 5.15 Å². The van der Waals surface area contributed by atoms with Crippen molar-refractivity contribution in [2.24, 2.45) is 0 Å². The van der Waals surface area contributed by atoms with Gasteiger partial charge in [-0.3, -0.25) is 0 Å². The maximum atomic E-state index is 12.7. The van der Waals surface area contributed by atoms with Crippen LogP contribution < -0.4 is 0 Å². The Morgan fingerprint density at radius 3 is 2.07 bits per heavy atom. The molecule has 4 aromatic rings. The Labute approximate surface area is 172 Å². The highest BCUT2D eigenvalue weighted by Gasteiger charge is 2.28. The molecule has 0 unspecified atom stereocenters. The van der Waals surface area contributed by atoms with Crippen molar-refractivity contribution < 1.29 is 19.1 Å². The number of hydrogen-bond donors (Lipinski definition) is 0. The van der Waals surface area contributed by atoms with E-state index in [0.717, 1.165) is 11.1 Å². The Balaban J connectivity index is 2.15. The van der Waals surface area contributed by atoms with Gasteiger partial charge in [0.05, 0.1) is 47.6 Å². The lowest BCUT2D eigenvalue weighted by Gasteiger charge is -2.06. The van der Waals surface area contributed by atoms with Crippen molar-refractivity contribution in [2.45, 2.75) is 13.8 Å². The third-order valence-electron chi connectivity index (χ3n) is 5.01.